The number of carbonyl (C=O) groups excluding carboxylic acids is 2. The number of piperazine rings is 1. The molecule has 3 heterocycles. The Hall–Kier alpha value is -2.09. The van der Waals surface area contributed by atoms with Crippen molar-refractivity contribution in [1.82, 2.24) is 14.7 Å². The quantitative estimate of drug-likeness (QED) is 0.662. The van der Waals surface area contributed by atoms with Crippen molar-refractivity contribution in [2.24, 2.45) is 0 Å². The fourth-order valence-corrected chi connectivity index (χ4v) is 5.33. The Kier molecular flexibility index (Phi) is 7.15. The summed E-state index contributed by atoms with van der Waals surface area (Å²) in [5.41, 5.74) is 1.05. The maximum Gasteiger partial charge on any atom is 0.245 e. The van der Waals surface area contributed by atoms with E-state index < -0.39 is 0 Å². The molecule has 6 nitrogen and oxygen atoms in total. The van der Waals surface area contributed by atoms with Gasteiger partial charge in [-0.15, -0.1) is 11.3 Å². The van der Waals surface area contributed by atoms with Crippen LogP contribution in [0.5, 0.6) is 5.75 Å². The molecule has 0 radical (unpaired) electrons. The number of carbonyl (C=O) groups is 2. The van der Waals surface area contributed by atoms with E-state index in [4.69, 9.17) is 16.3 Å². The van der Waals surface area contributed by atoms with Gasteiger partial charge in [-0.25, -0.2) is 0 Å². The highest BCUT2D eigenvalue weighted by molar-refractivity contribution is 7.10. The molecule has 8 heteroatoms. The molecule has 0 N–H and O–H groups in total. The van der Waals surface area contributed by atoms with Gasteiger partial charge in [0.05, 0.1) is 13.5 Å². The first-order valence-electron chi connectivity index (χ1n) is 10.7. The minimum atomic E-state index is -0.313. The minimum absolute atomic E-state index is 0.0602. The van der Waals surface area contributed by atoms with Crippen molar-refractivity contribution >= 4 is 34.8 Å². The summed E-state index contributed by atoms with van der Waals surface area (Å²) in [5.74, 6) is 0.982. The molecule has 0 saturated carbocycles. The summed E-state index contributed by atoms with van der Waals surface area (Å²) >= 11 is 7.74. The highest BCUT2D eigenvalue weighted by atomic mass is 35.5. The monoisotopic (exact) mass is 461 g/mol. The first kappa shape index (κ1) is 22.1. The number of nitrogens with zero attached hydrogens (tertiary/aromatic N) is 3. The highest BCUT2D eigenvalue weighted by Crippen LogP contribution is 2.26. The summed E-state index contributed by atoms with van der Waals surface area (Å²) in [5, 5.41) is 2.67. The molecule has 2 saturated heterocycles. The molecule has 2 aromatic rings. The number of hydrogen-bond acceptors (Lipinski definition) is 5. The van der Waals surface area contributed by atoms with Crippen LogP contribution in [-0.2, 0) is 22.6 Å². The number of rotatable bonds is 6. The molecule has 166 valence electrons. The fourth-order valence-electron chi connectivity index (χ4n) is 4.43. The van der Waals surface area contributed by atoms with Crippen LogP contribution in [0.3, 0.4) is 0 Å². The normalized spacial score (nSPS) is 19.6. The number of halogens is 1. The lowest BCUT2D eigenvalue weighted by atomic mass is 10.1. The maximum atomic E-state index is 13.2. The van der Waals surface area contributed by atoms with Gasteiger partial charge >= 0.3 is 0 Å². The van der Waals surface area contributed by atoms with E-state index in [-0.39, 0.29) is 17.9 Å². The van der Waals surface area contributed by atoms with E-state index in [9.17, 15) is 9.59 Å². The van der Waals surface area contributed by atoms with Crippen LogP contribution in [-0.4, -0.2) is 72.4 Å². The number of benzene rings is 1. The predicted octanol–water partition coefficient (Wildman–Crippen LogP) is 3.29. The van der Waals surface area contributed by atoms with Crippen LogP contribution in [0.4, 0.5) is 0 Å². The van der Waals surface area contributed by atoms with E-state index in [2.05, 4.69) is 4.90 Å². The zero-order valence-corrected chi connectivity index (χ0v) is 19.3. The van der Waals surface area contributed by atoms with Crippen LogP contribution >= 0.6 is 22.9 Å². The molecule has 1 unspecified atom stereocenters. The van der Waals surface area contributed by atoms with E-state index >= 15 is 0 Å². The van der Waals surface area contributed by atoms with Crippen molar-refractivity contribution in [1.29, 1.82) is 0 Å². The zero-order chi connectivity index (χ0) is 21.8. The van der Waals surface area contributed by atoms with Gasteiger partial charge in [-0.05, 0) is 42.5 Å². The highest BCUT2D eigenvalue weighted by Gasteiger charge is 2.37. The molecule has 2 aliphatic rings. The number of thiophene rings is 1. The van der Waals surface area contributed by atoms with Crippen LogP contribution in [0.25, 0.3) is 0 Å². The van der Waals surface area contributed by atoms with Crippen LogP contribution in [0.15, 0.2) is 35.7 Å². The Balaban J connectivity index is 1.32. The lowest BCUT2D eigenvalue weighted by Gasteiger charge is -2.37. The number of likely N-dealkylation sites (tertiary alicyclic amines) is 1. The molecule has 2 amide bonds. The van der Waals surface area contributed by atoms with Crippen molar-refractivity contribution in [3.63, 3.8) is 0 Å². The van der Waals surface area contributed by atoms with Crippen molar-refractivity contribution in [3.8, 4) is 5.75 Å². The molecular formula is C23H28ClN3O3S. The van der Waals surface area contributed by atoms with Gasteiger partial charge in [0.1, 0.15) is 11.8 Å². The smallest absolute Gasteiger partial charge is 0.245 e. The van der Waals surface area contributed by atoms with Crippen LogP contribution in [0, 0.1) is 0 Å². The van der Waals surface area contributed by atoms with Gasteiger partial charge in [-0.2, -0.15) is 0 Å². The summed E-state index contributed by atoms with van der Waals surface area (Å²) < 4.78 is 5.45. The third-order valence-electron chi connectivity index (χ3n) is 6.08. The first-order valence-corrected chi connectivity index (χ1v) is 12.0. The first-order chi connectivity index (χ1) is 15.0. The minimum Gasteiger partial charge on any atom is -0.496 e. The second-order valence-electron chi connectivity index (χ2n) is 8.06. The Bertz CT molecular complexity index is 913. The molecule has 2 aliphatic heterocycles. The van der Waals surface area contributed by atoms with Crippen molar-refractivity contribution in [2.75, 3.05) is 39.8 Å². The van der Waals surface area contributed by atoms with Gasteiger partial charge in [-0.3, -0.25) is 14.5 Å². The molecule has 31 heavy (non-hydrogen) atoms. The SMILES string of the molecule is COc1ccc(Cl)cc1CN1CCN(C(=O)C2CCCN2C(=O)Cc2cccs2)CC1. The van der Waals surface area contributed by atoms with Gasteiger partial charge in [0, 0.05) is 54.7 Å². The standard InChI is InChI=1S/C23H28ClN3O3S/c1-30-21-7-6-18(24)14-17(21)16-25-9-11-26(12-10-25)23(29)20-5-2-8-27(20)22(28)15-19-4-3-13-31-19/h3-4,6-7,13-14,20H,2,5,8-12,15-16H2,1H3. The summed E-state index contributed by atoms with van der Waals surface area (Å²) in [6, 6.07) is 9.27. The second kappa shape index (κ2) is 10.0. The number of methoxy groups -OCH3 is 1. The number of ether oxygens (including phenoxy) is 1. The Morgan fingerprint density at radius 3 is 2.68 bits per heavy atom. The molecule has 2 fully saturated rings. The molecule has 1 atom stereocenters. The molecule has 4 rings (SSSR count). The number of amides is 2. The topological polar surface area (TPSA) is 53.1 Å². The summed E-state index contributed by atoms with van der Waals surface area (Å²) in [4.78, 5) is 33.1. The lowest BCUT2D eigenvalue weighted by molar-refractivity contribution is -0.144. The van der Waals surface area contributed by atoms with Gasteiger partial charge < -0.3 is 14.5 Å². The molecular weight excluding hydrogens is 434 g/mol. The Morgan fingerprint density at radius 2 is 1.97 bits per heavy atom. The van der Waals surface area contributed by atoms with E-state index in [1.54, 1.807) is 23.3 Å². The van der Waals surface area contributed by atoms with Crippen LogP contribution in [0.1, 0.15) is 23.3 Å². The zero-order valence-electron chi connectivity index (χ0n) is 17.8. The van der Waals surface area contributed by atoms with Gasteiger partial charge in [0.15, 0.2) is 0 Å². The van der Waals surface area contributed by atoms with Gasteiger partial charge in [0.2, 0.25) is 11.8 Å². The Labute approximate surface area is 192 Å². The van der Waals surface area contributed by atoms with E-state index in [1.807, 2.05) is 40.6 Å². The number of hydrogen-bond donors (Lipinski definition) is 0. The predicted molar refractivity (Wildman–Crippen MR) is 123 cm³/mol. The molecule has 0 spiro atoms. The molecule has 1 aromatic heterocycles. The van der Waals surface area contributed by atoms with E-state index in [0.717, 1.165) is 48.7 Å². The van der Waals surface area contributed by atoms with Crippen molar-refractivity contribution in [2.45, 2.75) is 31.8 Å². The summed E-state index contributed by atoms with van der Waals surface area (Å²) in [6.07, 6.45) is 2.03. The Morgan fingerprint density at radius 1 is 1.16 bits per heavy atom. The van der Waals surface area contributed by atoms with Crippen molar-refractivity contribution < 1.29 is 14.3 Å². The van der Waals surface area contributed by atoms with E-state index in [0.29, 0.717) is 31.1 Å². The van der Waals surface area contributed by atoms with E-state index in [1.165, 1.54) is 0 Å². The average molecular weight is 462 g/mol. The molecule has 0 aliphatic carbocycles. The van der Waals surface area contributed by atoms with Gasteiger partial charge in [-0.1, -0.05) is 17.7 Å². The third-order valence-corrected chi connectivity index (χ3v) is 7.20. The summed E-state index contributed by atoms with van der Waals surface area (Å²) in [7, 11) is 1.66. The lowest BCUT2D eigenvalue weighted by Crippen LogP contribution is -2.54. The third kappa shape index (κ3) is 5.22. The average Bonchev–Trinajstić information content (AvgIpc) is 3.46. The molecule has 1 aromatic carbocycles. The maximum absolute atomic E-state index is 13.2. The summed E-state index contributed by atoms with van der Waals surface area (Å²) in [6.45, 7) is 4.33. The fraction of sp³-hybridized carbons (Fsp3) is 0.478. The molecule has 0 bridgehead atoms. The van der Waals surface area contributed by atoms with Gasteiger partial charge in [0.25, 0.3) is 0 Å². The van der Waals surface area contributed by atoms with Crippen LogP contribution < -0.4 is 4.74 Å². The van der Waals surface area contributed by atoms with Crippen molar-refractivity contribution in [3.05, 3.63) is 51.2 Å². The largest absolute Gasteiger partial charge is 0.496 e. The second-order valence-corrected chi connectivity index (χ2v) is 9.53. The van der Waals surface area contributed by atoms with Crippen LogP contribution in [0.2, 0.25) is 5.02 Å².